The summed E-state index contributed by atoms with van der Waals surface area (Å²) in [6.45, 7) is 5.21. The van der Waals surface area contributed by atoms with Crippen molar-refractivity contribution in [2.24, 2.45) is 0 Å². The topological polar surface area (TPSA) is 18.5 Å². The number of rotatable bonds is 9. The standard InChI is InChI=1S/C30H30O2/c1-23-13-17-27(18-14-23)29(25-9-5-3-6-10-25)31-21-22-32-30(26-11-7-4-8-12-26)28-19-15-24(2)16-20-28/h3-20,29-30H,21-22H2,1-2H3. The Hall–Kier alpha value is -3.20. The highest BCUT2D eigenvalue weighted by atomic mass is 16.5. The van der Waals surface area contributed by atoms with Gasteiger partial charge in [0.25, 0.3) is 0 Å². The van der Waals surface area contributed by atoms with Crippen molar-refractivity contribution in [2.45, 2.75) is 26.1 Å². The van der Waals surface area contributed by atoms with Crippen molar-refractivity contribution >= 4 is 0 Å². The number of aryl methyl sites for hydroxylation is 2. The third-order valence-electron chi connectivity index (χ3n) is 5.62. The van der Waals surface area contributed by atoms with Crippen LogP contribution >= 0.6 is 0 Å². The fourth-order valence-electron chi connectivity index (χ4n) is 3.84. The van der Waals surface area contributed by atoms with Crippen molar-refractivity contribution in [3.05, 3.63) is 143 Å². The molecule has 0 bridgehead atoms. The van der Waals surface area contributed by atoms with Crippen LogP contribution in [0.15, 0.2) is 109 Å². The van der Waals surface area contributed by atoms with Crippen LogP contribution in [0.2, 0.25) is 0 Å². The van der Waals surface area contributed by atoms with Gasteiger partial charge in [0, 0.05) is 0 Å². The number of ether oxygens (including phenoxy) is 2. The molecule has 0 spiro atoms. The average molecular weight is 423 g/mol. The lowest BCUT2D eigenvalue weighted by Crippen LogP contribution is -2.14. The van der Waals surface area contributed by atoms with Crippen LogP contribution in [0.25, 0.3) is 0 Å². The van der Waals surface area contributed by atoms with Crippen molar-refractivity contribution in [3.8, 4) is 0 Å². The zero-order chi connectivity index (χ0) is 22.2. The van der Waals surface area contributed by atoms with Gasteiger partial charge < -0.3 is 9.47 Å². The Morgan fingerprint density at radius 3 is 1.09 bits per heavy atom. The molecule has 0 amide bonds. The summed E-state index contributed by atoms with van der Waals surface area (Å²) in [6, 6.07) is 37.9. The minimum atomic E-state index is -0.116. The van der Waals surface area contributed by atoms with E-state index in [2.05, 4.69) is 111 Å². The molecule has 2 nitrogen and oxygen atoms in total. The van der Waals surface area contributed by atoms with Crippen LogP contribution in [-0.4, -0.2) is 13.2 Å². The summed E-state index contributed by atoms with van der Waals surface area (Å²) in [5, 5.41) is 0. The van der Waals surface area contributed by atoms with E-state index < -0.39 is 0 Å². The van der Waals surface area contributed by atoms with Gasteiger partial charge in [-0.15, -0.1) is 0 Å². The zero-order valence-electron chi connectivity index (χ0n) is 18.8. The Morgan fingerprint density at radius 1 is 0.438 bits per heavy atom. The van der Waals surface area contributed by atoms with Gasteiger partial charge in [-0.2, -0.15) is 0 Å². The van der Waals surface area contributed by atoms with Crippen LogP contribution < -0.4 is 0 Å². The number of benzene rings is 4. The van der Waals surface area contributed by atoms with E-state index in [9.17, 15) is 0 Å². The summed E-state index contributed by atoms with van der Waals surface area (Å²) >= 11 is 0. The largest absolute Gasteiger partial charge is 0.366 e. The molecule has 4 aromatic rings. The maximum Gasteiger partial charge on any atom is 0.108 e. The van der Waals surface area contributed by atoms with Crippen LogP contribution in [0.1, 0.15) is 45.6 Å². The van der Waals surface area contributed by atoms with Gasteiger partial charge in [0.2, 0.25) is 0 Å². The first-order valence-electron chi connectivity index (χ1n) is 11.2. The van der Waals surface area contributed by atoms with Crippen molar-refractivity contribution in [1.29, 1.82) is 0 Å². The van der Waals surface area contributed by atoms with Crippen molar-refractivity contribution in [2.75, 3.05) is 13.2 Å². The summed E-state index contributed by atoms with van der Waals surface area (Å²) in [5.41, 5.74) is 7.09. The molecule has 4 aromatic carbocycles. The zero-order valence-corrected chi connectivity index (χ0v) is 18.8. The average Bonchev–Trinajstić information content (AvgIpc) is 2.84. The van der Waals surface area contributed by atoms with Gasteiger partial charge in [-0.1, -0.05) is 120 Å². The SMILES string of the molecule is Cc1ccc(C(OCCOC(c2ccccc2)c2ccc(C)cc2)c2ccccc2)cc1. The Morgan fingerprint density at radius 2 is 0.750 bits per heavy atom. The highest BCUT2D eigenvalue weighted by Gasteiger charge is 2.17. The second kappa shape index (κ2) is 10.9. The lowest BCUT2D eigenvalue weighted by Gasteiger charge is -2.22. The summed E-state index contributed by atoms with van der Waals surface area (Å²) in [7, 11) is 0. The number of hydrogen-bond donors (Lipinski definition) is 0. The molecule has 0 heterocycles. The minimum Gasteiger partial charge on any atom is -0.366 e. The maximum atomic E-state index is 6.37. The first kappa shape index (κ1) is 22.0. The maximum absolute atomic E-state index is 6.37. The Bertz CT molecular complexity index is 980. The van der Waals surface area contributed by atoms with Crippen molar-refractivity contribution in [1.82, 2.24) is 0 Å². The predicted molar refractivity (Wildman–Crippen MR) is 131 cm³/mol. The van der Waals surface area contributed by atoms with Gasteiger partial charge in [-0.05, 0) is 36.1 Å². The molecule has 0 radical (unpaired) electrons. The molecule has 0 aliphatic heterocycles. The van der Waals surface area contributed by atoms with E-state index in [0.717, 1.165) is 22.3 Å². The molecule has 2 unspecified atom stereocenters. The third-order valence-corrected chi connectivity index (χ3v) is 5.62. The molecule has 2 atom stereocenters. The van der Waals surface area contributed by atoms with Crippen LogP contribution in [-0.2, 0) is 9.47 Å². The first-order valence-corrected chi connectivity index (χ1v) is 11.2. The molecule has 0 aromatic heterocycles. The highest BCUT2D eigenvalue weighted by Crippen LogP contribution is 2.28. The Balaban J connectivity index is 1.46. The molecule has 162 valence electrons. The van der Waals surface area contributed by atoms with Gasteiger partial charge in [0.1, 0.15) is 12.2 Å². The van der Waals surface area contributed by atoms with Gasteiger partial charge in [-0.25, -0.2) is 0 Å². The molecule has 0 saturated heterocycles. The lowest BCUT2D eigenvalue weighted by atomic mass is 10.0. The second-order valence-electron chi connectivity index (χ2n) is 8.14. The molecule has 0 N–H and O–H groups in total. The quantitative estimate of drug-likeness (QED) is 0.265. The third kappa shape index (κ3) is 5.73. The van der Waals surface area contributed by atoms with E-state index in [0.29, 0.717) is 13.2 Å². The second-order valence-corrected chi connectivity index (χ2v) is 8.14. The van der Waals surface area contributed by atoms with E-state index in [1.165, 1.54) is 11.1 Å². The summed E-state index contributed by atoms with van der Waals surface area (Å²) in [6.07, 6.45) is -0.232. The van der Waals surface area contributed by atoms with Gasteiger partial charge in [0.05, 0.1) is 13.2 Å². The van der Waals surface area contributed by atoms with Crippen LogP contribution in [0.3, 0.4) is 0 Å². The lowest BCUT2D eigenvalue weighted by molar-refractivity contribution is -0.000910. The molecule has 4 rings (SSSR count). The van der Waals surface area contributed by atoms with Crippen molar-refractivity contribution in [3.63, 3.8) is 0 Å². The molecule has 0 aliphatic carbocycles. The van der Waals surface area contributed by atoms with Crippen LogP contribution in [0.5, 0.6) is 0 Å². The Labute approximate surface area is 191 Å². The summed E-state index contributed by atoms with van der Waals surface area (Å²) in [4.78, 5) is 0. The van der Waals surface area contributed by atoms with Crippen molar-refractivity contribution < 1.29 is 9.47 Å². The van der Waals surface area contributed by atoms with E-state index in [-0.39, 0.29) is 12.2 Å². The van der Waals surface area contributed by atoms with Gasteiger partial charge in [0.15, 0.2) is 0 Å². The van der Waals surface area contributed by atoms with Crippen LogP contribution in [0, 0.1) is 13.8 Å². The van der Waals surface area contributed by atoms with E-state index in [1.54, 1.807) is 0 Å². The van der Waals surface area contributed by atoms with Gasteiger partial charge in [-0.3, -0.25) is 0 Å². The Kier molecular flexibility index (Phi) is 7.50. The summed E-state index contributed by atoms with van der Waals surface area (Å²) in [5.74, 6) is 0. The minimum absolute atomic E-state index is 0.116. The number of hydrogen-bond acceptors (Lipinski definition) is 2. The molecule has 32 heavy (non-hydrogen) atoms. The fraction of sp³-hybridized carbons (Fsp3) is 0.200. The normalized spacial score (nSPS) is 12.9. The molecule has 0 fully saturated rings. The highest BCUT2D eigenvalue weighted by molar-refractivity contribution is 5.33. The fourth-order valence-corrected chi connectivity index (χ4v) is 3.84. The predicted octanol–water partition coefficient (Wildman–Crippen LogP) is 7.22. The van der Waals surface area contributed by atoms with Gasteiger partial charge >= 0.3 is 0 Å². The monoisotopic (exact) mass is 422 g/mol. The molecule has 0 aliphatic rings. The van der Waals surface area contributed by atoms with E-state index >= 15 is 0 Å². The van der Waals surface area contributed by atoms with E-state index in [1.807, 2.05) is 12.1 Å². The smallest absolute Gasteiger partial charge is 0.108 e. The molecular formula is C30H30O2. The summed E-state index contributed by atoms with van der Waals surface area (Å²) < 4.78 is 12.7. The van der Waals surface area contributed by atoms with E-state index in [4.69, 9.17) is 9.47 Å². The molecule has 2 heteroatoms. The first-order chi connectivity index (χ1) is 15.7. The molecule has 0 saturated carbocycles. The van der Waals surface area contributed by atoms with Crippen LogP contribution in [0.4, 0.5) is 0 Å². The molecular weight excluding hydrogens is 392 g/mol.